The van der Waals surface area contributed by atoms with Crippen molar-refractivity contribution < 1.29 is 8.42 Å². The fourth-order valence-corrected chi connectivity index (χ4v) is 3.94. The predicted octanol–water partition coefficient (Wildman–Crippen LogP) is 3.11. The summed E-state index contributed by atoms with van der Waals surface area (Å²) >= 11 is 0. The maximum Gasteiger partial charge on any atom is 0.255 e. The molecule has 0 amide bonds. The van der Waals surface area contributed by atoms with Crippen LogP contribution in [0.25, 0.3) is 28.0 Å². The molecule has 33 heavy (non-hydrogen) atoms. The summed E-state index contributed by atoms with van der Waals surface area (Å²) in [5.74, 6) is 1.000. The first-order valence-electron chi connectivity index (χ1n) is 10.1. The monoisotopic (exact) mass is 457 g/mol. The molecular weight excluding hydrogens is 438 g/mol. The minimum atomic E-state index is -3.89. The highest BCUT2D eigenvalue weighted by Crippen LogP contribution is 2.31. The molecule has 0 saturated heterocycles. The van der Waals surface area contributed by atoms with Crippen molar-refractivity contribution in [1.82, 2.24) is 24.6 Å². The fraction of sp³-hybridized carbons (Fsp3) is 0.0435. The van der Waals surface area contributed by atoms with E-state index in [4.69, 9.17) is 10.1 Å². The Labute approximate surface area is 190 Å². The van der Waals surface area contributed by atoms with Crippen molar-refractivity contribution in [2.45, 2.75) is 11.6 Å². The van der Waals surface area contributed by atoms with Crippen LogP contribution in [0.15, 0.2) is 90.3 Å². The third kappa shape index (κ3) is 4.29. The van der Waals surface area contributed by atoms with Crippen LogP contribution < -0.4 is 10.5 Å². The van der Waals surface area contributed by atoms with Gasteiger partial charge >= 0.3 is 0 Å². The molecule has 0 radical (unpaired) electrons. The molecule has 0 unspecified atom stereocenters. The molecule has 0 bridgehead atoms. The molecule has 0 fully saturated rings. The van der Waals surface area contributed by atoms with Crippen LogP contribution in [-0.2, 0) is 16.6 Å². The molecule has 0 aliphatic rings. The Morgan fingerprint density at radius 3 is 2.42 bits per heavy atom. The Morgan fingerprint density at radius 2 is 1.73 bits per heavy atom. The van der Waals surface area contributed by atoms with Crippen LogP contribution in [0.5, 0.6) is 0 Å². The van der Waals surface area contributed by atoms with Crippen LogP contribution in [0.4, 0.5) is 5.82 Å². The quantitative estimate of drug-likeness (QED) is 0.401. The van der Waals surface area contributed by atoms with Crippen molar-refractivity contribution in [2.75, 3.05) is 5.32 Å². The highest BCUT2D eigenvalue weighted by molar-refractivity contribution is 7.89. The number of nitrogens with one attached hydrogen (secondary N) is 1. The number of pyridine rings is 2. The highest BCUT2D eigenvalue weighted by atomic mass is 32.2. The van der Waals surface area contributed by atoms with E-state index in [9.17, 15) is 8.42 Å². The zero-order valence-corrected chi connectivity index (χ0v) is 18.1. The zero-order chi connectivity index (χ0) is 22.8. The van der Waals surface area contributed by atoms with Gasteiger partial charge in [-0.3, -0.25) is 4.98 Å². The molecule has 4 heterocycles. The molecule has 1 aromatic carbocycles. The van der Waals surface area contributed by atoms with E-state index in [1.165, 1.54) is 12.3 Å². The van der Waals surface area contributed by atoms with Gasteiger partial charge in [-0.2, -0.15) is 0 Å². The Bertz CT molecular complexity index is 1520. The number of anilines is 1. The lowest BCUT2D eigenvalue weighted by molar-refractivity contribution is 0.594. The summed E-state index contributed by atoms with van der Waals surface area (Å²) in [4.78, 5) is 13.1. The van der Waals surface area contributed by atoms with Gasteiger partial charge in [0.2, 0.25) is 0 Å². The van der Waals surface area contributed by atoms with Crippen LogP contribution in [0, 0.1) is 0 Å². The second kappa shape index (κ2) is 8.41. The maximum atomic E-state index is 11.5. The van der Waals surface area contributed by atoms with Crippen molar-refractivity contribution in [3.8, 4) is 22.5 Å². The fourth-order valence-electron chi connectivity index (χ4n) is 3.48. The molecule has 5 rings (SSSR count). The predicted molar refractivity (Wildman–Crippen MR) is 125 cm³/mol. The van der Waals surface area contributed by atoms with Crippen molar-refractivity contribution in [3.05, 3.63) is 91.0 Å². The maximum absolute atomic E-state index is 11.5. The van der Waals surface area contributed by atoms with Gasteiger partial charge in [-0.1, -0.05) is 36.4 Å². The summed E-state index contributed by atoms with van der Waals surface area (Å²) in [7, 11) is -3.89. The summed E-state index contributed by atoms with van der Waals surface area (Å²) in [6.45, 7) is 0.467. The lowest BCUT2D eigenvalue weighted by Gasteiger charge is -2.11. The number of nitrogens with zero attached hydrogens (tertiary/aromatic N) is 5. The number of nitrogens with two attached hydrogens (primary N) is 1. The number of benzene rings is 1. The summed E-state index contributed by atoms with van der Waals surface area (Å²) in [6, 6.07) is 20.6. The summed E-state index contributed by atoms with van der Waals surface area (Å²) in [5, 5.41) is 12.9. The van der Waals surface area contributed by atoms with Crippen molar-refractivity contribution >= 4 is 21.4 Å². The number of sulfonamides is 1. The lowest BCUT2D eigenvalue weighted by Crippen LogP contribution is -2.13. The van der Waals surface area contributed by atoms with Crippen molar-refractivity contribution in [2.24, 2.45) is 5.14 Å². The van der Waals surface area contributed by atoms with Gasteiger partial charge in [0, 0.05) is 29.7 Å². The van der Waals surface area contributed by atoms with E-state index in [-0.39, 0.29) is 5.03 Å². The summed E-state index contributed by atoms with van der Waals surface area (Å²) < 4.78 is 24.8. The molecule has 0 aliphatic carbocycles. The van der Waals surface area contributed by atoms with Crippen LogP contribution in [0.2, 0.25) is 0 Å². The van der Waals surface area contributed by atoms with E-state index in [0.29, 0.717) is 23.8 Å². The normalized spacial score (nSPS) is 11.5. The molecular formula is C23H19N7O2S. The standard InChI is InChI=1S/C23H19N7O2S/c24-33(31,32)20-10-9-17(14-26-20)22-28-23(27-15-18-8-4-5-12-25-18)21-19(11-13-30(21)29-22)16-6-2-1-3-7-16/h1-14H,15H2,(H2,24,31,32)(H,27,28,29). The van der Waals surface area contributed by atoms with Gasteiger partial charge in [0.05, 0.1) is 12.2 Å². The Balaban J connectivity index is 1.62. The van der Waals surface area contributed by atoms with Gasteiger partial charge in [-0.15, -0.1) is 5.10 Å². The minimum Gasteiger partial charge on any atom is -0.363 e. The number of hydrogen-bond donors (Lipinski definition) is 2. The first kappa shape index (κ1) is 20.7. The molecule has 5 aromatic rings. The van der Waals surface area contributed by atoms with Crippen LogP contribution in [0.1, 0.15) is 5.69 Å². The first-order valence-corrected chi connectivity index (χ1v) is 11.6. The largest absolute Gasteiger partial charge is 0.363 e. The van der Waals surface area contributed by atoms with E-state index in [1.54, 1.807) is 16.8 Å². The topological polar surface area (TPSA) is 128 Å². The molecule has 164 valence electrons. The van der Waals surface area contributed by atoms with Gasteiger partial charge in [0.25, 0.3) is 10.0 Å². The van der Waals surface area contributed by atoms with Crippen LogP contribution in [0.3, 0.4) is 0 Å². The summed E-state index contributed by atoms with van der Waals surface area (Å²) in [6.07, 6.45) is 5.00. The number of primary sulfonamides is 1. The summed E-state index contributed by atoms with van der Waals surface area (Å²) in [5.41, 5.74) is 4.25. The average molecular weight is 458 g/mol. The van der Waals surface area contributed by atoms with Crippen LogP contribution in [-0.4, -0.2) is 33.0 Å². The molecule has 0 aliphatic heterocycles. The number of hydrogen-bond acceptors (Lipinski definition) is 7. The SMILES string of the molecule is NS(=O)(=O)c1ccc(-c2nc(NCc3ccccn3)c3c(-c4ccccc4)ccn3n2)cn1. The van der Waals surface area contributed by atoms with E-state index in [0.717, 1.165) is 22.3 Å². The van der Waals surface area contributed by atoms with Gasteiger partial charge in [0.15, 0.2) is 16.7 Å². The van der Waals surface area contributed by atoms with Gasteiger partial charge in [-0.25, -0.2) is 28.0 Å². The lowest BCUT2D eigenvalue weighted by atomic mass is 10.1. The smallest absolute Gasteiger partial charge is 0.255 e. The van der Waals surface area contributed by atoms with E-state index in [1.807, 2.05) is 60.8 Å². The van der Waals surface area contributed by atoms with E-state index < -0.39 is 10.0 Å². The molecule has 10 heteroatoms. The van der Waals surface area contributed by atoms with Crippen LogP contribution >= 0.6 is 0 Å². The molecule has 9 nitrogen and oxygen atoms in total. The second-order valence-electron chi connectivity index (χ2n) is 7.28. The first-order chi connectivity index (χ1) is 16.0. The number of fused-ring (bicyclic) bond motifs is 1. The minimum absolute atomic E-state index is 0.215. The Kier molecular flexibility index (Phi) is 5.29. The molecule has 0 atom stereocenters. The van der Waals surface area contributed by atoms with Crippen molar-refractivity contribution in [1.29, 1.82) is 0 Å². The Morgan fingerprint density at radius 1 is 0.909 bits per heavy atom. The Hall–Kier alpha value is -4.15. The number of rotatable bonds is 6. The average Bonchev–Trinajstić information content (AvgIpc) is 3.27. The van der Waals surface area contributed by atoms with Gasteiger partial charge in [-0.05, 0) is 35.9 Å². The van der Waals surface area contributed by atoms with E-state index in [2.05, 4.69) is 20.4 Å². The van der Waals surface area contributed by atoms with Crippen molar-refractivity contribution in [3.63, 3.8) is 0 Å². The third-order valence-electron chi connectivity index (χ3n) is 5.05. The molecule has 0 spiro atoms. The zero-order valence-electron chi connectivity index (χ0n) is 17.3. The molecule has 0 saturated carbocycles. The number of aromatic nitrogens is 5. The molecule has 3 N–H and O–H groups in total. The molecule has 4 aromatic heterocycles. The van der Waals surface area contributed by atoms with Gasteiger partial charge < -0.3 is 5.32 Å². The highest BCUT2D eigenvalue weighted by Gasteiger charge is 2.16. The van der Waals surface area contributed by atoms with Gasteiger partial charge in [0.1, 0.15) is 5.52 Å². The second-order valence-corrected chi connectivity index (χ2v) is 8.79. The third-order valence-corrected chi connectivity index (χ3v) is 5.87. The van der Waals surface area contributed by atoms with E-state index >= 15 is 0 Å².